The Hall–Kier alpha value is -1.76. The molecule has 1 atom stereocenters. The van der Waals surface area contributed by atoms with Gasteiger partial charge in [0.1, 0.15) is 5.75 Å². The predicted molar refractivity (Wildman–Crippen MR) is 127 cm³/mol. The summed E-state index contributed by atoms with van der Waals surface area (Å²) in [5, 5.41) is 0. The molecule has 31 heavy (non-hydrogen) atoms. The van der Waals surface area contributed by atoms with Crippen LogP contribution in [0.15, 0.2) is 54.6 Å². The van der Waals surface area contributed by atoms with Crippen molar-refractivity contribution in [3.8, 4) is 5.75 Å². The lowest BCUT2D eigenvalue weighted by Gasteiger charge is -2.59. The van der Waals surface area contributed by atoms with E-state index in [4.69, 9.17) is 4.74 Å². The monoisotopic (exact) mass is 414 g/mol. The van der Waals surface area contributed by atoms with E-state index in [0.29, 0.717) is 17.4 Å². The molecule has 0 aromatic heterocycles. The second-order valence-corrected chi connectivity index (χ2v) is 11.7. The molecular formula is C30H38O. The van der Waals surface area contributed by atoms with Crippen LogP contribution in [0.2, 0.25) is 0 Å². The fourth-order valence-electron chi connectivity index (χ4n) is 8.35. The third-order valence-electron chi connectivity index (χ3n) is 9.31. The van der Waals surface area contributed by atoms with Crippen LogP contribution in [0.1, 0.15) is 88.2 Å². The number of ether oxygens (including phenoxy) is 1. The van der Waals surface area contributed by atoms with Crippen LogP contribution >= 0.6 is 0 Å². The van der Waals surface area contributed by atoms with Gasteiger partial charge in [0.25, 0.3) is 0 Å². The third-order valence-corrected chi connectivity index (χ3v) is 9.31. The van der Waals surface area contributed by atoms with Gasteiger partial charge in [0.15, 0.2) is 0 Å². The third kappa shape index (κ3) is 3.83. The van der Waals surface area contributed by atoms with Crippen molar-refractivity contribution in [2.75, 3.05) is 0 Å². The van der Waals surface area contributed by atoms with Crippen molar-refractivity contribution in [2.45, 2.75) is 83.2 Å². The van der Waals surface area contributed by atoms with E-state index in [2.05, 4.69) is 61.5 Å². The number of hydrogen-bond donors (Lipinski definition) is 0. The quantitative estimate of drug-likeness (QED) is 0.481. The largest absolute Gasteiger partial charge is 0.490 e. The van der Waals surface area contributed by atoms with Crippen molar-refractivity contribution in [3.05, 3.63) is 65.7 Å². The molecule has 2 aromatic rings. The van der Waals surface area contributed by atoms with Crippen LogP contribution in [-0.2, 0) is 0 Å². The molecular weight excluding hydrogens is 376 g/mol. The molecule has 1 nitrogen and oxygen atoms in total. The van der Waals surface area contributed by atoms with Crippen molar-refractivity contribution in [3.63, 3.8) is 0 Å². The van der Waals surface area contributed by atoms with E-state index in [0.717, 1.165) is 29.4 Å². The Morgan fingerprint density at radius 3 is 1.84 bits per heavy atom. The molecule has 0 aliphatic heterocycles. The molecule has 7 rings (SSSR count). The molecule has 0 spiro atoms. The van der Waals surface area contributed by atoms with Crippen LogP contribution < -0.4 is 4.74 Å². The molecule has 2 aromatic carbocycles. The maximum absolute atomic E-state index is 6.39. The van der Waals surface area contributed by atoms with Gasteiger partial charge in [-0.1, -0.05) is 49.4 Å². The predicted octanol–water partition coefficient (Wildman–Crippen LogP) is 7.99. The van der Waals surface area contributed by atoms with E-state index < -0.39 is 0 Å². The first-order valence-corrected chi connectivity index (χ1v) is 13.0. The van der Waals surface area contributed by atoms with Crippen LogP contribution in [0, 0.1) is 29.1 Å². The number of benzene rings is 2. The minimum absolute atomic E-state index is 0.412. The van der Waals surface area contributed by atoms with Gasteiger partial charge < -0.3 is 4.74 Å². The lowest BCUT2D eigenvalue weighted by molar-refractivity contribution is -0.0619. The molecule has 5 aliphatic carbocycles. The molecule has 5 saturated carbocycles. The van der Waals surface area contributed by atoms with Gasteiger partial charge in [0.2, 0.25) is 0 Å². The highest BCUT2D eigenvalue weighted by Gasteiger charge is 2.54. The molecule has 5 aliphatic rings. The average Bonchev–Trinajstić information content (AvgIpc) is 2.76. The van der Waals surface area contributed by atoms with Crippen LogP contribution in [0.5, 0.6) is 5.75 Å². The zero-order valence-corrected chi connectivity index (χ0v) is 19.1. The smallest absolute Gasteiger partial charge is 0.119 e. The highest BCUT2D eigenvalue weighted by atomic mass is 16.5. The van der Waals surface area contributed by atoms with Gasteiger partial charge in [0.05, 0.1) is 6.10 Å². The Balaban J connectivity index is 1.29. The minimum atomic E-state index is 0.412. The van der Waals surface area contributed by atoms with Crippen molar-refractivity contribution >= 4 is 0 Å². The molecule has 164 valence electrons. The molecule has 0 radical (unpaired) electrons. The lowest BCUT2D eigenvalue weighted by atomic mass is 9.45. The van der Waals surface area contributed by atoms with Gasteiger partial charge in [0, 0.05) is 5.92 Å². The summed E-state index contributed by atoms with van der Waals surface area (Å²) >= 11 is 0. The molecule has 0 saturated heterocycles. The standard InChI is InChI=1S/C30H38O/c1-21-7-11-27(12-8-21)31-28-13-9-26(10-14-28)29(25-5-3-2-4-6-25)30-18-22-15-23(19-30)17-24(16-22)20-30/h2-6,9-10,13-14,21-24,27,29H,7-8,11-12,15-20H2,1H3. The summed E-state index contributed by atoms with van der Waals surface area (Å²) in [7, 11) is 0. The van der Waals surface area contributed by atoms with E-state index in [9.17, 15) is 0 Å². The molecule has 5 fully saturated rings. The summed E-state index contributed by atoms with van der Waals surface area (Å²) in [6, 6.07) is 20.8. The first-order valence-electron chi connectivity index (χ1n) is 13.0. The normalized spacial score (nSPS) is 37.5. The van der Waals surface area contributed by atoms with E-state index >= 15 is 0 Å². The Labute approximate surface area is 188 Å². The fraction of sp³-hybridized carbons (Fsp3) is 0.600. The first-order chi connectivity index (χ1) is 15.2. The first kappa shape index (κ1) is 19.9. The summed E-state index contributed by atoms with van der Waals surface area (Å²) in [6.45, 7) is 2.37. The van der Waals surface area contributed by atoms with Gasteiger partial charge in [-0.3, -0.25) is 0 Å². The van der Waals surface area contributed by atoms with E-state index in [1.807, 2.05) is 0 Å². The Morgan fingerprint density at radius 2 is 1.26 bits per heavy atom. The number of hydrogen-bond acceptors (Lipinski definition) is 1. The van der Waals surface area contributed by atoms with E-state index in [1.54, 1.807) is 0 Å². The lowest BCUT2D eigenvalue weighted by Crippen LogP contribution is -2.49. The van der Waals surface area contributed by atoms with Crippen LogP contribution in [0.4, 0.5) is 0 Å². The second-order valence-electron chi connectivity index (χ2n) is 11.7. The van der Waals surface area contributed by atoms with Gasteiger partial charge >= 0.3 is 0 Å². The topological polar surface area (TPSA) is 9.23 Å². The summed E-state index contributed by atoms with van der Waals surface area (Å²) in [4.78, 5) is 0. The summed E-state index contributed by atoms with van der Waals surface area (Å²) < 4.78 is 6.39. The van der Waals surface area contributed by atoms with Gasteiger partial charge in [-0.2, -0.15) is 0 Å². The SMILES string of the molecule is CC1CCC(Oc2ccc(C(c3ccccc3)C34CC5CC(CC(C5)C3)C4)cc2)CC1. The van der Waals surface area contributed by atoms with Crippen molar-refractivity contribution in [2.24, 2.45) is 29.1 Å². The van der Waals surface area contributed by atoms with E-state index in [1.165, 1.54) is 75.3 Å². The zero-order chi connectivity index (χ0) is 20.8. The Morgan fingerprint density at radius 1 is 0.710 bits per heavy atom. The number of rotatable bonds is 5. The van der Waals surface area contributed by atoms with Crippen molar-refractivity contribution in [1.29, 1.82) is 0 Å². The van der Waals surface area contributed by atoms with Crippen molar-refractivity contribution < 1.29 is 4.74 Å². The maximum Gasteiger partial charge on any atom is 0.119 e. The van der Waals surface area contributed by atoms with Gasteiger partial charge in [-0.15, -0.1) is 0 Å². The highest BCUT2D eigenvalue weighted by molar-refractivity contribution is 5.39. The molecule has 4 bridgehead atoms. The summed E-state index contributed by atoms with van der Waals surface area (Å²) in [5.74, 6) is 5.41. The Kier molecular flexibility index (Phi) is 5.12. The minimum Gasteiger partial charge on any atom is -0.490 e. The van der Waals surface area contributed by atoms with Gasteiger partial charge in [-0.05, 0) is 117 Å². The fourth-order valence-corrected chi connectivity index (χ4v) is 8.35. The summed E-state index contributed by atoms with van der Waals surface area (Å²) in [5.41, 5.74) is 3.51. The van der Waals surface area contributed by atoms with E-state index in [-0.39, 0.29) is 0 Å². The molecule has 1 heteroatoms. The average molecular weight is 415 g/mol. The van der Waals surface area contributed by atoms with Crippen LogP contribution in [0.25, 0.3) is 0 Å². The van der Waals surface area contributed by atoms with Crippen LogP contribution in [-0.4, -0.2) is 6.10 Å². The molecule has 0 heterocycles. The highest BCUT2D eigenvalue weighted by Crippen LogP contribution is 2.65. The molecule has 0 amide bonds. The van der Waals surface area contributed by atoms with Crippen molar-refractivity contribution in [1.82, 2.24) is 0 Å². The van der Waals surface area contributed by atoms with Crippen LogP contribution in [0.3, 0.4) is 0 Å². The Bertz CT molecular complexity index is 839. The van der Waals surface area contributed by atoms with Gasteiger partial charge in [-0.25, -0.2) is 0 Å². The molecule has 0 N–H and O–H groups in total. The second kappa shape index (κ2) is 7.98. The maximum atomic E-state index is 6.39. The summed E-state index contributed by atoms with van der Waals surface area (Å²) in [6.07, 6.45) is 14.3. The zero-order valence-electron chi connectivity index (χ0n) is 19.1. The molecule has 1 unspecified atom stereocenters.